The van der Waals surface area contributed by atoms with Gasteiger partial charge in [-0.25, -0.2) is 0 Å². The van der Waals surface area contributed by atoms with Crippen LogP contribution < -0.4 is 5.32 Å². The van der Waals surface area contributed by atoms with Crippen molar-refractivity contribution in [3.63, 3.8) is 0 Å². The fraction of sp³-hybridized carbons (Fsp3) is 0.536. The molecule has 2 aromatic rings. The van der Waals surface area contributed by atoms with Gasteiger partial charge in [-0.3, -0.25) is 9.69 Å². The number of aryl methyl sites for hydroxylation is 1. The Hall–Kier alpha value is -2.13. The molecule has 0 aromatic heterocycles. The van der Waals surface area contributed by atoms with Crippen LogP contribution in [0.2, 0.25) is 0 Å². The average molecular weight is 419 g/mol. The van der Waals surface area contributed by atoms with E-state index in [1.807, 2.05) is 18.2 Å². The van der Waals surface area contributed by atoms with Crippen LogP contribution in [0, 0.1) is 0 Å². The molecule has 1 saturated carbocycles. The van der Waals surface area contributed by atoms with E-state index in [1.54, 1.807) is 0 Å². The third kappa shape index (κ3) is 6.20. The van der Waals surface area contributed by atoms with Crippen molar-refractivity contribution in [2.45, 2.75) is 82.2 Å². The summed E-state index contributed by atoms with van der Waals surface area (Å²) >= 11 is 0. The van der Waals surface area contributed by atoms with Crippen LogP contribution >= 0.6 is 0 Å². The van der Waals surface area contributed by atoms with Crippen molar-refractivity contribution >= 4 is 5.91 Å². The zero-order chi connectivity index (χ0) is 21.4. The summed E-state index contributed by atoms with van der Waals surface area (Å²) in [5.74, 6) is 0.208. The first kappa shape index (κ1) is 22.1. The normalized spacial score (nSPS) is 25.0. The summed E-state index contributed by atoms with van der Waals surface area (Å²) in [7, 11) is 0. The maximum Gasteiger partial charge on any atom is 0.220 e. The molecule has 1 amide bonds. The molecule has 3 nitrogen and oxygen atoms in total. The highest BCUT2D eigenvalue weighted by molar-refractivity contribution is 5.76. The van der Waals surface area contributed by atoms with Crippen molar-refractivity contribution in [3.8, 4) is 0 Å². The Balaban J connectivity index is 1.35. The lowest BCUT2D eigenvalue weighted by Gasteiger charge is -2.48. The number of nitrogens with zero attached hydrogens (tertiary/aromatic N) is 1. The molecule has 1 aliphatic carbocycles. The van der Waals surface area contributed by atoms with E-state index >= 15 is 0 Å². The predicted molar refractivity (Wildman–Crippen MR) is 128 cm³/mol. The Bertz CT molecular complexity index is 788. The molecule has 0 atom stereocenters. The second kappa shape index (κ2) is 10.9. The molecule has 4 rings (SSSR count). The minimum Gasteiger partial charge on any atom is -0.353 e. The van der Waals surface area contributed by atoms with E-state index in [4.69, 9.17) is 0 Å². The maximum absolute atomic E-state index is 12.6. The summed E-state index contributed by atoms with van der Waals surface area (Å²) in [6, 6.07) is 21.7. The van der Waals surface area contributed by atoms with Crippen molar-refractivity contribution in [1.29, 1.82) is 0 Å². The topological polar surface area (TPSA) is 32.3 Å². The molecule has 2 aromatic carbocycles. The molecule has 0 spiro atoms. The highest BCUT2D eigenvalue weighted by Crippen LogP contribution is 2.38. The van der Waals surface area contributed by atoms with Gasteiger partial charge < -0.3 is 5.32 Å². The summed E-state index contributed by atoms with van der Waals surface area (Å²) in [6.07, 6.45) is 12.5. The van der Waals surface area contributed by atoms with Gasteiger partial charge in [-0.05, 0) is 75.6 Å². The molecule has 31 heavy (non-hydrogen) atoms. The van der Waals surface area contributed by atoms with E-state index in [1.165, 1.54) is 62.7 Å². The van der Waals surface area contributed by atoms with Crippen LogP contribution in [-0.2, 0) is 17.6 Å². The monoisotopic (exact) mass is 418 g/mol. The molecule has 1 aliphatic heterocycles. The third-order valence-corrected chi connectivity index (χ3v) is 7.42. The van der Waals surface area contributed by atoms with E-state index in [2.05, 4.69) is 52.7 Å². The minimum absolute atomic E-state index is 0.208. The Morgan fingerprint density at radius 1 is 0.839 bits per heavy atom. The van der Waals surface area contributed by atoms with E-state index < -0.39 is 0 Å². The van der Waals surface area contributed by atoms with E-state index in [0.29, 0.717) is 12.5 Å². The number of carbonyl (C=O) groups is 1. The van der Waals surface area contributed by atoms with Gasteiger partial charge in [0.1, 0.15) is 0 Å². The lowest BCUT2D eigenvalue weighted by atomic mass is 9.74. The van der Waals surface area contributed by atoms with Gasteiger partial charge in [0.25, 0.3) is 0 Å². The zero-order valence-electron chi connectivity index (χ0n) is 18.9. The number of amides is 1. The molecule has 1 heterocycles. The van der Waals surface area contributed by atoms with Gasteiger partial charge in [-0.15, -0.1) is 0 Å². The van der Waals surface area contributed by atoms with Crippen LogP contribution in [0.25, 0.3) is 0 Å². The van der Waals surface area contributed by atoms with Gasteiger partial charge >= 0.3 is 0 Å². The predicted octanol–water partition coefficient (Wildman–Crippen LogP) is 5.54. The number of rotatable bonds is 7. The quantitative estimate of drug-likeness (QED) is 0.641. The van der Waals surface area contributed by atoms with Crippen molar-refractivity contribution in [2.24, 2.45) is 0 Å². The summed E-state index contributed by atoms with van der Waals surface area (Å²) in [6.45, 7) is 2.47. The van der Waals surface area contributed by atoms with Gasteiger partial charge in [0.15, 0.2) is 0 Å². The number of hydrogen-bond donors (Lipinski definition) is 1. The number of hydrogen-bond acceptors (Lipinski definition) is 2. The number of likely N-dealkylation sites (tertiary alicyclic amines) is 1. The Kier molecular flexibility index (Phi) is 7.80. The number of nitrogens with one attached hydrogen (secondary N) is 1. The highest BCUT2D eigenvalue weighted by atomic mass is 16.1. The van der Waals surface area contributed by atoms with Crippen LogP contribution in [0.5, 0.6) is 0 Å². The number of carbonyl (C=O) groups excluding carboxylic acids is 1. The maximum atomic E-state index is 12.6. The van der Waals surface area contributed by atoms with Crippen molar-refractivity contribution in [2.75, 3.05) is 13.1 Å². The fourth-order valence-corrected chi connectivity index (χ4v) is 5.63. The van der Waals surface area contributed by atoms with Crippen LogP contribution in [-0.4, -0.2) is 35.5 Å². The van der Waals surface area contributed by atoms with E-state index in [0.717, 1.165) is 25.7 Å². The summed E-state index contributed by atoms with van der Waals surface area (Å²) in [4.78, 5) is 15.4. The van der Waals surface area contributed by atoms with Gasteiger partial charge in [0, 0.05) is 18.0 Å². The molecular formula is C28H38N2O. The third-order valence-electron chi connectivity index (χ3n) is 7.42. The van der Waals surface area contributed by atoms with Crippen LogP contribution in [0.1, 0.15) is 68.9 Å². The molecule has 1 N–H and O–H groups in total. The average Bonchev–Trinajstić information content (AvgIpc) is 3.11. The first-order valence-corrected chi connectivity index (χ1v) is 12.4. The second-order valence-corrected chi connectivity index (χ2v) is 9.62. The Morgan fingerprint density at radius 3 is 2.03 bits per heavy atom. The van der Waals surface area contributed by atoms with Crippen molar-refractivity contribution in [1.82, 2.24) is 10.2 Å². The lowest BCUT2D eigenvalue weighted by Crippen LogP contribution is -2.55. The van der Waals surface area contributed by atoms with Crippen molar-refractivity contribution in [3.05, 3.63) is 71.8 Å². The molecule has 166 valence electrons. The van der Waals surface area contributed by atoms with Crippen molar-refractivity contribution < 1.29 is 4.79 Å². The second-order valence-electron chi connectivity index (χ2n) is 9.62. The standard InChI is InChI=1S/C28H38N2O/c31-27(16-15-24-11-5-3-6-12-24)29-26-17-19-28(20-18-26,23-25-13-7-4-8-14-25)30-21-9-1-2-10-22-30/h3-8,11-14,26H,1-2,9-10,15-23H2,(H,29,31). The molecule has 0 bridgehead atoms. The fourth-order valence-electron chi connectivity index (χ4n) is 5.63. The summed E-state index contributed by atoms with van der Waals surface area (Å²) in [5.41, 5.74) is 2.96. The summed E-state index contributed by atoms with van der Waals surface area (Å²) in [5, 5.41) is 3.35. The van der Waals surface area contributed by atoms with E-state index in [9.17, 15) is 4.79 Å². The summed E-state index contributed by atoms with van der Waals surface area (Å²) < 4.78 is 0. The molecule has 1 saturated heterocycles. The first-order chi connectivity index (χ1) is 15.2. The van der Waals surface area contributed by atoms with Crippen LogP contribution in [0.15, 0.2) is 60.7 Å². The number of benzene rings is 2. The Labute approximate surface area is 188 Å². The molecule has 2 aliphatic rings. The molecular weight excluding hydrogens is 380 g/mol. The Morgan fingerprint density at radius 2 is 1.42 bits per heavy atom. The lowest BCUT2D eigenvalue weighted by molar-refractivity contribution is -0.122. The smallest absolute Gasteiger partial charge is 0.220 e. The first-order valence-electron chi connectivity index (χ1n) is 12.4. The largest absolute Gasteiger partial charge is 0.353 e. The highest BCUT2D eigenvalue weighted by Gasteiger charge is 2.40. The van der Waals surface area contributed by atoms with Gasteiger partial charge in [-0.1, -0.05) is 73.5 Å². The molecule has 0 unspecified atom stereocenters. The van der Waals surface area contributed by atoms with Crippen LogP contribution in [0.3, 0.4) is 0 Å². The molecule has 0 radical (unpaired) electrons. The molecule has 3 heteroatoms. The SMILES string of the molecule is O=C(CCc1ccccc1)NC1CCC(Cc2ccccc2)(N2CCCCCC2)CC1. The van der Waals surface area contributed by atoms with Gasteiger partial charge in [-0.2, -0.15) is 0 Å². The van der Waals surface area contributed by atoms with Gasteiger partial charge in [0.05, 0.1) is 0 Å². The zero-order valence-corrected chi connectivity index (χ0v) is 18.9. The molecule has 2 fully saturated rings. The van der Waals surface area contributed by atoms with Crippen LogP contribution in [0.4, 0.5) is 0 Å². The minimum atomic E-state index is 0.208. The van der Waals surface area contributed by atoms with E-state index in [-0.39, 0.29) is 11.4 Å². The van der Waals surface area contributed by atoms with Gasteiger partial charge in [0.2, 0.25) is 5.91 Å².